The topological polar surface area (TPSA) is 51.5 Å². The van der Waals surface area contributed by atoms with Crippen LogP contribution in [0.3, 0.4) is 0 Å². The Kier molecular flexibility index (Phi) is 4.11. The Morgan fingerprint density at radius 2 is 1.70 bits per heavy atom. The number of hydrogen-bond acceptors (Lipinski definition) is 3. The number of hydrogen-bond donors (Lipinski definition) is 1. The zero-order chi connectivity index (χ0) is 19.2. The van der Waals surface area contributed by atoms with Crippen molar-refractivity contribution in [3.05, 3.63) is 59.1 Å². The summed E-state index contributed by atoms with van der Waals surface area (Å²) in [6.07, 6.45) is -4.50. The number of fused-ring (bicyclic) bond motifs is 1. The van der Waals surface area contributed by atoms with Crippen LogP contribution in [0.2, 0.25) is 5.02 Å². The minimum Gasteiger partial charge on any atom is -0.482 e. The molecule has 0 spiro atoms. The first-order valence-corrected chi connectivity index (χ1v) is 8.24. The first kappa shape index (κ1) is 17.5. The summed E-state index contributed by atoms with van der Waals surface area (Å²) in [6.45, 7) is -0.129. The molecule has 1 aromatic heterocycles. The Balaban J connectivity index is 1.76. The maximum Gasteiger partial charge on any atom is 0.417 e. The number of nitrogens with one attached hydrogen (secondary N) is 1. The highest BCUT2D eigenvalue weighted by atomic mass is 35.5. The number of benzene rings is 2. The smallest absolute Gasteiger partial charge is 0.417 e. The van der Waals surface area contributed by atoms with Gasteiger partial charge in [0.25, 0.3) is 5.91 Å². The van der Waals surface area contributed by atoms with Crippen molar-refractivity contribution in [3.8, 4) is 28.4 Å². The fourth-order valence-electron chi connectivity index (χ4n) is 2.86. The van der Waals surface area contributed by atoms with Gasteiger partial charge in [0.2, 0.25) is 0 Å². The molecule has 0 atom stereocenters. The molecule has 138 valence electrons. The molecule has 4 nitrogen and oxygen atoms in total. The molecule has 0 bridgehead atoms. The van der Waals surface area contributed by atoms with Gasteiger partial charge < -0.3 is 14.5 Å². The van der Waals surface area contributed by atoms with Crippen LogP contribution in [-0.2, 0) is 11.0 Å². The SMILES string of the molecule is O=C1COc2cc(-c3ccc(-c4ccccc4C(F)(F)F)o3)c(Cl)cc2N1. The molecule has 4 rings (SSSR count). The molecular formula is C19H11ClF3NO3. The van der Waals surface area contributed by atoms with Crippen LogP contribution in [-0.4, -0.2) is 12.5 Å². The summed E-state index contributed by atoms with van der Waals surface area (Å²) in [5, 5.41) is 2.90. The fraction of sp³-hybridized carbons (Fsp3) is 0.105. The van der Waals surface area contributed by atoms with Crippen LogP contribution >= 0.6 is 11.6 Å². The molecule has 1 N–H and O–H groups in total. The van der Waals surface area contributed by atoms with Gasteiger partial charge in [0, 0.05) is 11.1 Å². The molecule has 0 aliphatic carbocycles. The van der Waals surface area contributed by atoms with Crippen LogP contribution in [0, 0.1) is 0 Å². The molecule has 1 aliphatic heterocycles. The van der Waals surface area contributed by atoms with Crippen LogP contribution in [0.5, 0.6) is 5.75 Å². The molecule has 0 radical (unpaired) electrons. The van der Waals surface area contributed by atoms with Crippen molar-refractivity contribution in [2.24, 2.45) is 0 Å². The van der Waals surface area contributed by atoms with E-state index in [0.29, 0.717) is 17.0 Å². The lowest BCUT2D eigenvalue weighted by Gasteiger charge is -2.19. The molecule has 27 heavy (non-hydrogen) atoms. The Hall–Kier alpha value is -2.93. The molecule has 2 aromatic carbocycles. The molecule has 0 saturated heterocycles. The van der Waals surface area contributed by atoms with Crippen LogP contribution in [0.4, 0.5) is 18.9 Å². The quantitative estimate of drug-likeness (QED) is 0.615. The number of rotatable bonds is 2. The van der Waals surface area contributed by atoms with Gasteiger partial charge in [-0.15, -0.1) is 0 Å². The number of ether oxygens (including phenoxy) is 1. The van der Waals surface area contributed by atoms with Gasteiger partial charge in [0.15, 0.2) is 6.61 Å². The van der Waals surface area contributed by atoms with Crippen molar-refractivity contribution < 1.29 is 27.1 Å². The maximum absolute atomic E-state index is 13.2. The second-order valence-electron chi connectivity index (χ2n) is 5.87. The Bertz CT molecular complexity index is 1040. The number of halogens is 4. The number of carbonyl (C=O) groups is 1. The van der Waals surface area contributed by atoms with Gasteiger partial charge >= 0.3 is 6.18 Å². The van der Waals surface area contributed by atoms with E-state index in [2.05, 4.69) is 5.32 Å². The van der Waals surface area contributed by atoms with E-state index in [0.717, 1.165) is 6.07 Å². The normalized spacial score (nSPS) is 13.7. The Labute approximate surface area is 156 Å². The predicted octanol–water partition coefficient (Wildman–Crippen LogP) is 5.62. The zero-order valence-electron chi connectivity index (χ0n) is 13.6. The van der Waals surface area contributed by atoms with Gasteiger partial charge in [0.1, 0.15) is 17.3 Å². The van der Waals surface area contributed by atoms with E-state index in [4.69, 9.17) is 20.8 Å². The summed E-state index contributed by atoms with van der Waals surface area (Å²) in [4.78, 5) is 11.4. The highest BCUT2D eigenvalue weighted by Gasteiger charge is 2.34. The summed E-state index contributed by atoms with van der Waals surface area (Å²) >= 11 is 6.26. The molecular weight excluding hydrogens is 383 g/mol. The van der Waals surface area contributed by atoms with Gasteiger partial charge in [-0.1, -0.05) is 29.8 Å². The lowest BCUT2D eigenvalue weighted by atomic mass is 10.1. The van der Waals surface area contributed by atoms with E-state index in [-0.39, 0.29) is 34.6 Å². The molecule has 0 saturated carbocycles. The van der Waals surface area contributed by atoms with Crippen LogP contribution in [0.25, 0.3) is 22.6 Å². The molecule has 0 unspecified atom stereocenters. The molecule has 0 fully saturated rings. The van der Waals surface area contributed by atoms with Crippen molar-refractivity contribution in [3.63, 3.8) is 0 Å². The highest BCUT2D eigenvalue weighted by molar-refractivity contribution is 6.33. The van der Waals surface area contributed by atoms with Gasteiger partial charge in [-0.25, -0.2) is 0 Å². The molecule has 8 heteroatoms. The molecule has 3 aromatic rings. The Morgan fingerprint density at radius 1 is 1.00 bits per heavy atom. The number of amides is 1. The summed E-state index contributed by atoms with van der Waals surface area (Å²) in [5.74, 6) is 0.467. The van der Waals surface area contributed by atoms with E-state index in [1.54, 1.807) is 6.07 Å². The number of carbonyl (C=O) groups excluding carboxylic acids is 1. The summed E-state index contributed by atoms with van der Waals surface area (Å²) < 4.78 is 50.7. The minimum atomic E-state index is -4.50. The number of anilines is 1. The maximum atomic E-state index is 13.2. The zero-order valence-corrected chi connectivity index (χ0v) is 14.3. The summed E-state index contributed by atoms with van der Waals surface area (Å²) in [7, 11) is 0. The molecule has 1 amide bonds. The molecule has 2 heterocycles. The van der Waals surface area contributed by atoms with Gasteiger partial charge in [-0.2, -0.15) is 13.2 Å². The fourth-order valence-corrected chi connectivity index (χ4v) is 3.12. The van der Waals surface area contributed by atoms with E-state index >= 15 is 0 Å². The minimum absolute atomic E-state index is 0.0613. The predicted molar refractivity (Wildman–Crippen MR) is 93.7 cm³/mol. The van der Waals surface area contributed by atoms with Crippen molar-refractivity contribution in [1.29, 1.82) is 0 Å². The first-order valence-electron chi connectivity index (χ1n) is 7.86. The highest BCUT2D eigenvalue weighted by Crippen LogP contribution is 2.42. The van der Waals surface area contributed by atoms with Crippen molar-refractivity contribution in [1.82, 2.24) is 0 Å². The lowest BCUT2D eigenvalue weighted by Crippen LogP contribution is -2.25. The average molecular weight is 394 g/mol. The van der Waals surface area contributed by atoms with E-state index in [9.17, 15) is 18.0 Å². The van der Waals surface area contributed by atoms with Crippen molar-refractivity contribution in [2.45, 2.75) is 6.18 Å². The molecule has 1 aliphatic rings. The largest absolute Gasteiger partial charge is 0.482 e. The van der Waals surface area contributed by atoms with Crippen LogP contribution in [0.1, 0.15) is 5.56 Å². The third kappa shape index (κ3) is 3.26. The van der Waals surface area contributed by atoms with Gasteiger partial charge in [0.05, 0.1) is 16.3 Å². The summed E-state index contributed by atoms with van der Waals surface area (Å²) in [5.41, 5.74) is 0.0267. The summed E-state index contributed by atoms with van der Waals surface area (Å²) in [6, 6.07) is 11.3. The van der Waals surface area contributed by atoms with E-state index in [1.165, 1.54) is 36.4 Å². The average Bonchev–Trinajstić information content (AvgIpc) is 3.10. The third-order valence-corrected chi connectivity index (χ3v) is 4.38. The van der Waals surface area contributed by atoms with E-state index < -0.39 is 11.7 Å². The van der Waals surface area contributed by atoms with Crippen molar-refractivity contribution >= 4 is 23.2 Å². The third-order valence-electron chi connectivity index (χ3n) is 4.07. The second-order valence-corrected chi connectivity index (χ2v) is 6.28. The van der Waals surface area contributed by atoms with Gasteiger partial charge in [-0.05, 0) is 30.3 Å². The van der Waals surface area contributed by atoms with Crippen LogP contribution in [0.15, 0.2) is 52.9 Å². The van der Waals surface area contributed by atoms with E-state index in [1.807, 2.05) is 0 Å². The number of furan rings is 1. The standard InChI is InChI=1S/C19H11ClF3NO3/c20-13-8-14-17(26-9-18(25)24-14)7-11(13)16-6-5-15(27-16)10-3-1-2-4-12(10)19(21,22)23/h1-8H,9H2,(H,24,25). The van der Waals surface area contributed by atoms with Crippen LogP contribution < -0.4 is 10.1 Å². The first-order chi connectivity index (χ1) is 12.8. The Morgan fingerprint density at radius 3 is 2.44 bits per heavy atom. The second kappa shape index (κ2) is 6.35. The monoisotopic (exact) mass is 393 g/mol. The van der Waals surface area contributed by atoms with Gasteiger partial charge in [-0.3, -0.25) is 4.79 Å². The number of alkyl halides is 3. The lowest BCUT2D eigenvalue weighted by molar-refractivity contribution is -0.137. The van der Waals surface area contributed by atoms with Crippen molar-refractivity contribution in [2.75, 3.05) is 11.9 Å².